The third kappa shape index (κ3) is 26.6. The molecule has 43 heavy (non-hydrogen) atoms. The molecule has 0 fully saturated rings. The number of aliphatic carboxylic acids is 1. The normalized spacial score (nSPS) is 12.4. The molecule has 2 unspecified atom stereocenters. The van der Waals surface area contributed by atoms with Crippen LogP contribution in [0.3, 0.4) is 0 Å². The van der Waals surface area contributed by atoms with Crippen molar-refractivity contribution in [1.29, 1.82) is 0 Å². The second kappa shape index (κ2) is 30.5. The molecule has 0 rings (SSSR count). The highest BCUT2D eigenvalue weighted by atomic mass is 33.1. The van der Waals surface area contributed by atoms with Crippen LogP contribution < -0.4 is 22.1 Å². The molecule has 0 aliphatic rings. The Morgan fingerprint density at radius 1 is 0.605 bits per heavy atom. The number of carboxylic acids is 1. The first-order valence-electron chi connectivity index (χ1n) is 16.4. The molecule has 0 aliphatic carbocycles. The summed E-state index contributed by atoms with van der Waals surface area (Å²) in [5.74, 6) is -0.738. The number of nitrogens with two attached hydrogens (primary N) is 2. The Labute approximate surface area is 268 Å². The minimum absolute atomic E-state index is 0.144. The van der Waals surface area contributed by atoms with Gasteiger partial charge in [0.1, 0.15) is 12.1 Å². The summed E-state index contributed by atoms with van der Waals surface area (Å²) in [5.41, 5.74) is 11.0. The van der Waals surface area contributed by atoms with Crippen molar-refractivity contribution in [3.05, 3.63) is 0 Å². The number of carboxylic acid groups (broad SMARTS) is 1. The molecular weight excluding hydrogens is 588 g/mol. The van der Waals surface area contributed by atoms with Crippen LogP contribution in [0.1, 0.15) is 128 Å². The SMILES string of the molecule is COC(=O)C(CCSSCCC(NC(=O)CCCCCCCCCCN)C(=O)O)NC(=O)CCCCCCCCCCN. The zero-order valence-corrected chi connectivity index (χ0v) is 28.2. The van der Waals surface area contributed by atoms with E-state index in [0.29, 0.717) is 37.2 Å². The fourth-order valence-corrected chi connectivity index (χ4v) is 6.80. The van der Waals surface area contributed by atoms with E-state index >= 15 is 0 Å². The average molecular weight is 649 g/mol. The van der Waals surface area contributed by atoms with Gasteiger partial charge in [0.15, 0.2) is 0 Å². The smallest absolute Gasteiger partial charge is 0.328 e. The summed E-state index contributed by atoms with van der Waals surface area (Å²) >= 11 is 0. The number of nitrogens with one attached hydrogen (secondary N) is 2. The molecule has 2 atom stereocenters. The number of carbonyl (C=O) groups is 4. The summed E-state index contributed by atoms with van der Waals surface area (Å²) in [7, 11) is 4.31. The van der Waals surface area contributed by atoms with Gasteiger partial charge >= 0.3 is 11.9 Å². The monoisotopic (exact) mass is 648 g/mol. The number of hydrogen-bond acceptors (Lipinski definition) is 9. The zero-order valence-electron chi connectivity index (χ0n) is 26.6. The van der Waals surface area contributed by atoms with Crippen LogP contribution >= 0.6 is 21.6 Å². The van der Waals surface area contributed by atoms with E-state index < -0.39 is 24.0 Å². The summed E-state index contributed by atoms with van der Waals surface area (Å²) < 4.78 is 4.86. The first-order valence-corrected chi connectivity index (χ1v) is 18.9. The van der Waals surface area contributed by atoms with Crippen LogP contribution in [0.2, 0.25) is 0 Å². The van der Waals surface area contributed by atoms with Crippen molar-refractivity contribution in [3.8, 4) is 0 Å². The average Bonchev–Trinajstić information content (AvgIpc) is 2.99. The Balaban J connectivity index is 4.08. The number of ether oxygens (including phenoxy) is 1. The number of unbranched alkanes of at least 4 members (excludes halogenated alkanes) is 14. The molecule has 7 N–H and O–H groups in total. The van der Waals surface area contributed by atoms with Gasteiger partial charge < -0.3 is 31.9 Å². The Morgan fingerprint density at radius 3 is 1.33 bits per heavy atom. The molecule has 0 saturated carbocycles. The lowest BCUT2D eigenvalue weighted by Gasteiger charge is -2.16. The molecule has 0 radical (unpaired) electrons. The van der Waals surface area contributed by atoms with E-state index in [-0.39, 0.29) is 11.8 Å². The Kier molecular flexibility index (Phi) is 29.5. The van der Waals surface area contributed by atoms with Crippen LogP contribution in [0.4, 0.5) is 0 Å². The molecule has 0 aromatic carbocycles. The van der Waals surface area contributed by atoms with E-state index in [0.717, 1.165) is 70.9 Å². The van der Waals surface area contributed by atoms with E-state index in [1.165, 1.54) is 73.6 Å². The van der Waals surface area contributed by atoms with Crippen molar-refractivity contribution in [2.45, 2.75) is 141 Å². The Hall–Kier alpha value is -1.50. The van der Waals surface area contributed by atoms with Crippen LogP contribution in [0.15, 0.2) is 0 Å². The number of rotatable bonds is 31. The highest BCUT2D eigenvalue weighted by molar-refractivity contribution is 8.76. The third-order valence-electron chi connectivity index (χ3n) is 7.23. The lowest BCUT2D eigenvalue weighted by atomic mass is 10.1. The zero-order chi connectivity index (χ0) is 32.0. The van der Waals surface area contributed by atoms with Crippen molar-refractivity contribution < 1.29 is 29.0 Å². The van der Waals surface area contributed by atoms with Gasteiger partial charge in [0.25, 0.3) is 0 Å². The molecule has 2 amide bonds. The number of esters is 1. The fourth-order valence-electron chi connectivity index (χ4n) is 4.61. The van der Waals surface area contributed by atoms with E-state index in [4.69, 9.17) is 16.2 Å². The fraction of sp³-hybridized carbons (Fsp3) is 0.871. The third-order valence-corrected chi connectivity index (χ3v) is 9.70. The molecule has 0 spiro atoms. The van der Waals surface area contributed by atoms with Crippen molar-refractivity contribution >= 4 is 45.3 Å². The highest BCUT2D eigenvalue weighted by Gasteiger charge is 2.22. The topological polar surface area (TPSA) is 174 Å². The van der Waals surface area contributed by atoms with Crippen LogP contribution in [-0.2, 0) is 23.9 Å². The van der Waals surface area contributed by atoms with Crippen LogP contribution in [0.25, 0.3) is 0 Å². The summed E-state index contributed by atoms with van der Waals surface area (Å²) in [6, 6.07) is -1.61. The molecule has 0 aromatic rings. The predicted molar refractivity (Wildman–Crippen MR) is 179 cm³/mol. The number of amides is 2. The lowest BCUT2D eigenvalue weighted by molar-refractivity contribution is -0.145. The van der Waals surface area contributed by atoms with Gasteiger partial charge in [0.05, 0.1) is 7.11 Å². The number of methoxy groups -OCH3 is 1. The maximum atomic E-state index is 12.4. The van der Waals surface area contributed by atoms with Gasteiger partial charge in [-0.1, -0.05) is 98.6 Å². The van der Waals surface area contributed by atoms with E-state index in [1.807, 2.05) is 0 Å². The first-order chi connectivity index (χ1) is 20.8. The molecule has 0 aliphatic heterocycles. The van der Waals surface area contributed by atoms with E-state index in [9.17, 15) is 24.3 Å². The van der Waals surface area contributed by atoms with Crippen molar-refractivity contribution in [2.75, 3.05) is 31.7 Å². The highest BCUT2D eigenvalue weighted by Crippen LogP contribution is 2.24. The van der Waals surface area contributed by atoms with Gasteiger partial charge in [-0.3, -0.25) is 9.59 Å². The second-order valence-electron chi connectivity index (χ2n) is 11.1. The van der Waals surface area contributed by atoms with E-state index in [2.05, 4.69) is 10.6 Å². The Morgan fingerprint density at radius 2 is 0.953 bits per heavy atom. The lowest BCUT2D eigenvalue weighted by Crippen LogP contribution is -2.41. The molecule has 12 heteroatoms. The van der Waals surface area contributed by atoms with Gasteiger partial charge in [0, 0.05) is 24.3 Å². The maximum Gasteiger partial charge on any atom is 0.328 e. The van der Waals surface area contributed by atoms with Crippen molar-refractivity contribution in [3.63, 3.8) is 0 Å². The molecule has 0 heterocycles. The van der Waals surface area contributed by atoms with Crippen molar-refractivity contribution in [2.24, 2.45) is 11.5 Å². The van der Waals surface area contributed by atoms with Crippen LogP contribution in [-0.4, -0.2) is 72.6 Å². The van der Waals surface area contributed by atoms with Gasteiger partial charge in [-0.15, -0.1) is 0 Å². The predicted octanol–water partition coefficient (Wildman–Crippen LogP) is 5.31. The summed E-state index contributed by atoms with van der Waals surface area (Å²) in [6.07, 6.45) is 18.8. The molecule has 0 aromatic heterocycles. The number of hydrogen-bond donors (Lipinski definition) is 5. The van der Waals surface area contributed by atoms with Gasteiger partial charge in [-0.05, 0) is 51.6 Å². The summed E-state index contributed by atoms with van der Waals surface area (Å²) in [6.45, 7) is 1.50. The second-order valence-corrected chi connectivity index (χ2v) is 13.8. The molecule has 0 bridgehead atoms. The van der Waals surface area contributed by atoms with Crippen molar-refractivity contribution in [1.82, 2.24) is 10.6 Å². The summed E-state index contributed by atoms with van der Waals surface area (Å²) in [5, 5.41) is 15.0. The van der Waals surface area contributed by atoms with E-state index in [1.54, 1.807) is 0 Å². The quantitative estimate of drug-likeness (QED) is 0.0376. The first kappa shape index (κ1) is 41.5. The minimum Gasteiger partial charge on any atom is -0.480 e. The van der Waals surface area contributed by atoms with Gasteiger partial charge in [-0.2, -0.15) is 0 Å². The van der Waals surface area contributed by atoms with Gasteiger partial charge in [0.2, 0.25) is 11.8 Å². The summed E-state index contributed by atoms with van der Waals surface area (Å²) in [4.78, 5) is 48.4. The molecular formula is C31H60N4O6S2. The maximum absolute atomic E-state index is 12.4. The molecule has 0 saturated heterocycles. The Bertz CT molecular complexity index is 732. The molecule has 10 nitrogen and oxygen atoms in total. The van der Waals surface area contributed by atoms with Gasteiger partial charge in [-0.25, -0.2) is 9.59 Å². The van der Waals surface area contributed by atoms with Crippen LogP contribution in [0, 0.1) is 0 Å². The minimum atomic E-state index is -1.03. The molecule has 252 valence electrons. The number of carbonyl (C=O) groups excluding carboxylic acids is 3. The standard InChI is InChI=1S/C31H60N4O6S2/c1-41-31(40)27(35-29(37)19-15-11-7-3-5-9-13-17-23-33)21-25-43-42-24-20-26(30(38)39)34-28(36)18-14-10-6-2-4-8-12-16-22-32/h26-27H,2-25,32-33H2,1H3,(H,34,36)(H,35,37)(H,38,39). The van der Waals surface area contributed by atoms with Crippen LogP contribution in [0.5, 0.6) is 0 Å². The largest absolute Gasteiger partial charge is 0.480 e.